The van der Waals surface area contributed by atoms with Crippen LogP contribution in [0.25, 0.3) is 10.9 Å². The van der Waals surface area contributed by atoms with E-state index in [1.165, 1.54) is 0 Å². The molecule has 0 bridgehead atoms. The molecular weight excluding hydrogens is 407 g/mol. The number of phenols is 1. The molecule has 0 unspecified atom stereocenters. The Morgan fingerprint density at radius 3 is 2.52 bits per heavy atom. The Balaban J connectivity index is 1.93. The normalized spacial score (nSPS) is 16.6. The lowest BCUT2D eigenvalue weighted by molar-refractivity contribution is 0.0236. The molecular formula is C20H17Cl3N2O2. The molecule has 3 aromatic rings. The Labute approximate surface area is 172 Å². The third-order valence-electron chi connectivity index (χ3n) is 4.81. The summed E-state index contributed by atoms with van der Waals surface area (Å²) in [5.74, 6) is 0.109. The van der Waals surface area contributed by atoms with Gasteiger partial charge in [0.1, 0.15) is 11.3 Å². The van der Waals surface area contributed by atoms with Gasteiger partial charge in [-0.15, -0.1) is 0 Å². The molecule has 0 amide bonds. The zero-order chi connectivity index (χ0) is 19.0. The van der Waals surface area contributed by atoms with Crippen molar-refractivity contribution in [1.82, 2.24) is 9.88 Å². The second kappa shape index (κ2) is 7.82. The summed E-state index contributed by atoms with van der Waals surface area (Å²) in [6.07, 6.45) is 1.64. The van der Waals surface area contributed by atoms with Gasteiger partial charge in [0.25, 0.3) is 0 Å². The number of phenolic OH excluding ortho intramolecular Hbond substituents is 1. The lowest BCUT2D eigenvalue weighted by Gasteiger charge is -2.36. The summed E-state index contributed by atoms with van der Waals surface area (Å²) in [6.45, 7) is 2.64. The minimum Gasteiger partial charge on any atom is -0.505 e. The zero-order valence-electron chi connectivity index (χ0n) is 14.3. The molecule has 2 aromatic carbocycles. The van der Waals surface area contributed by atoms with Gasteiger partial charge < -0.3 is 9.84 Å². The fraction of sp³-hybridized carbons (Fsp3) is 0.250. The van der Waals surface area contributed by atoms with Gasteiger partial charge in [0, 0.05) is 40.3 Å². The van der Waals surface area contributed by atoms with Crippen molar-refractivity contribution in [3.63, 3.8) is 0 Å². The molecule has 1 atom stereocenters. The van der Waals surface area contributed by atoms with E-state index >= 15 is 0 Å². The number of halogens is 3. The molecule has 1 aliphatic heterocycles. The number of aromatic nitrogens is 1. The largest absolute Gasteiger partial charge is 0.505 e. The maximum atomic E-state index is 11.0. The van der Waals surface area contributed by atoms with Crippen LogP contribution in [0, 0.1) is 0 Å². The first kappa shape index (κ1) is 18.8. The van der Waals surface area contributed by atoms with Crippen molar-refractivity contribution >= 4 is 45.7 Å². The lowest BCUT2D eigenvalue weighted by atomic mass is 9.94. The van der Waals surface area contributed by atoms with Crippen molar-refractivity contribution in [2.45, 2.75) is 6.04 Å². The minimum atomic E-state index is -0.289. The fourth-order valence-corrected chi connectivity index (χ4v) is 4.32. The van der Waals surface area contributed by atoms with Gasteiger partial charge in [0.2, 0.25) is 0 Å². The number of hydrogen-bond donors (Lipinski definition) is 1. The molecule has 0 spiro atoms. The van der Waals surface area contributed by atoms with Gasteiger partial charge in [-0.2, -0.15) is 0 Å². The smallest absolute Gasteiger partial charge is 0.147 e. The highest BCUT2D eigenvalue weighted by Crippen LogP contribution is 2.43. The predicted molar refractivity (Wildman–Crippen MR) is 109 cm³/mol. The maximum absolute atomic E-state index is 11.0. The fourth-order valence-electron chi connectivity index (χ4n) is 3.53. The maximum Gasteiger partial charge on any atom is 0.147 e. The van der Waals surface area contributed by atoms with Crippen LogP contribution in [0.15, 0.2) is 42.6 Å². The first-order valence-electron chi connectivity index (χ1n) is 8.59. The van der Waals surface area contributed by atoms with Gasteiger partial charge in [-0.25, -0.2) is 0 Å². The highest BCUT2D eigenvalue weighted by molar-refractivity contribution is 6.36. The molecule has 1 saturated heterocycles. The van der Waals surface area contributed by atoms with Gasteiger partial charge in [-0.05, 0) is 35.9 Å². The zero-order valence-corrected chi connectivity index (χ0v) is 16.6. The standard InChI is InChI=1S/C20H17Cl3N2O2/c21-12-3-4-14(16(22)10-12)19(25-6-8-27-9-7-25)15-11-17(23)13-2-1-5-24-18(13)20(15)26/h1-5,10-11,19,26H,6-9H2/t19-/m0/s1. The van der Waals surface area contributed by atoms with Gasteiger partial charge in [0.05, 0.1) is 24.3 Å². The van der Waals surface area contributed by atoms with E-state index in [1.54, 1.807) is 30.5 Å². The number of aromatic hydroxyl groups is 1. The first-order chi connectivity index (χ1) is 13.1. The Morgan fingerprint density at radius 1 is 1.00 bits per heavy atom. The molecule has 1 fully saturated rings. The van der Waals surface area contributed by atoms with E-state index in [-0.39, 0.29) is 11.8 Å². The van der Waals surface area contributed by atoms with E-state index < -0.39 is 0 Å². The van der Waals surface area contributed by atoms with Gasteiger partial charge in [-0.1, -0.05) is 40.9 Å². The summed E-state index contributed by atoms with van der Waals surface area (Å²) in [4.78, 5) is 6.55. The Hall–Kier alpha value is -1.56. The summed E-state index contributed by atoms with van der Waals surface area (Å²) < 4.78 is 5.50. The Kier molecular flexibility index (Phi) is 5.44. The number of fused-ring (bicyclic) bond motifs is 1. The highest BCUT2D eigenvalue weighted by Gasteiger charge is 2.30. The molecule has 4 nitrogen and oxygen atoms in total. The third-order valence-corrected chi connectivity index (χ3v) is 5.68. The average Bonchev–Trinajstić information content (AvgIpc) is 2.68. The summed E-state index contributed by atoms with van der Waals surface area (Å²) in [7, 11) is 0. The Bertz CT molecular complexity index is 990. The number of nitrogens with zero attached hydrogens (tertiary/aromatic N) is 2. The number of rotatable bonds is 3. The van der Waals surface area contributed by atoms with Crippen LogP contribution in [0.2, 0.25) is 15.1 Å². The summed E-state index contributed by atoms with van der Waals surface area (Å²) in [5, 5.41) is 13.4. The van der Waals surface area contributed by atoms with Gasteiger partial charge in [-0.3, -0.25) is 9.88 Å². The van der Waals surface area contributed by atoms with Gasteiger partial charge in [0.15, 0.2) is 0 Å². The summed E-state index contributed by atoms with van der Waals surface area (Å²) in [5.41, 5.74) is 1.99. The van der Waals surface area contributed by atoms with Crippen molar-refractivity contribution in [2.75, 3.05) is 26.3 Å². The number of pyridine rings is 1. The van der Waals surface area contributed by atoms with Crippen molar-refractivity contribution in [1.29, 1.82) is 0 Å². The minimum absolute atomic E-state index is 0.109. The molecule has 0 saturated carbocycles. The summed E-state index contributed by atoms with van der Waals surface area (Å²) in [6, 6.07) is 10.5. The van der Waals surface area contributed by atoms with E-state index in [0.717, 1.165) is 5.56 Å². The first-order valence-corrected chi connectivity index (χ1v) is 9.72. The molecule has 1 N–H and O–H groups in total. The molecule has 4 rings (SSSR count). The van der Waals surface area contributed by atoms with Crippen LogP contribution in [-0.4, -0.2) is 41.3 Å². The van der Waals surface area contributed by atoms with Gasteiger partial charge >= 0.3 is 0 Å². The number of morpholine rings is 1. The number of benzene rings is 2. The van der Waals surface area contributed by atoms with Crippen molar-refractivity contribution in [2.24, 2.45) is 0 Å². The second-order valence-corrected chi connectivity index (χ2v) is 7.66. The molecule has 0 aliphatic carbocycles. The quantitative estimate of drug-likeness (QED) is 0.619. The van der Waals surface area contributed by atoms with Crippen LogP contribution < -0.4 is 0 Å². The predicted octanol–water partition coefficient (Wildman–Crippen LogP) is 5.32. The lowest BCUT2D eigenvalue weighted by Crippen LogP contribution is -2.39. The molecule has 7 heteroatoms. The van der Waals surface area contributed by atoms with E-state index in [1.807, 2.05) is 12.1 Å². The highest BCUT2D eigenvalue weighted by atomic mass is 35.5. The monoisotopic (exact) mass is 422 g/mol. The van der Waals surface area contributed by atoms with Crippen molar-refractivity contribution in [3.8, 4) is 5.75 Å². The SMILES string of the molecule is Oc1c([C@H](c2ccc(Cl)cc2Cl)N2CCOCC2)cc(Cl)c2cccnc12. The van der Waals surface area contributed by atoms with E-state index in [4.69, 9.17) is 39.5 Å². The van der Waals surface area contributed by atoms with Crippen LogP contribution in [0.4, 0.5) is 0 Å². The van der Waals surface area contributed by atoms with Crippen LogP contribution >= 0.6 is 34.8 Å². The summed E-state index contributed by atoms with van der Waals surface area (Å²) >= 11 is 19.1. The molecule has 0 radical (unpaired) electrons. The topological polar surface area (TPSA) is 45.6 Å². The molecule has 1 aromatic heterocycles. The van der Waals surface area contributed by atoms with Crippen LogP contribution in [-0.2, 0) is 4.74 Å². The number of ether oxygens (including phenoxy) is 1. The molecule has 1 aliphatic rings. The van der Waals surface area contributed by atoms with E-state index in [9.17, 15) is 5.11 Å². The van der Waals surface area contributed by atoms with Crippen LogP contribution in [0.5, 0.6) is 5.75 Å². The van der Waals surface area contributed by atoms with E-state index in [2.05, 4.69) is 9.88 Å². The van der Waals surface area contributed by atoms with E-state index in [0.29, 0.717) is 57.8 Å². The van der Waals surface area contributed by atoms with Crippen LogP contribution in [0.3, 0.4) is 0 Å². The van der Waals surface area contributed by atoms with Crippen molar-refractivity contribution < 1.29 is 9.84 Å². The molecule has 2 heterocycles. The molecule has 27 heavy (non-hydrogen) atoms. The number of hydrogen-bond acceptors (Lipinski definition) is 4. The third kappa shape index (κ3) is 3.60. The second-order valence-electron chi connectivity index (χ2n) is 6.41. The van der Waals surface area contributed by atoms with Crippen molar-refractivity contribution in [3.05, 3.63) is 68.8 Å². The molecule has 140 valence electrons. The van der Waals surface area contributed by atoms with Crippen LogP contribution in [0.1, 0.15) is 17.2 Å². The average molecular weight is 424 g/mol. The Morgan fingerprint density at radius 2 is 1.78 bits per heavy atom.